The summed E-state index contributed by atoms with van der Waals surface area (Å²) in [6.07, 6.45) is 0. The van der Waals surface area contributed by atoms with E-state index < -0.39 is 0 Å². The molecular formula is C37H27N3. The number of fused-ring (bicyclic) bond motifs is 6. The van der Waals surface area contributed by atoms with E-state index in [1.807, 2.05) is 24.3 Å². The first-order valence-electron chi connectivity index (χ1n) is 13.8. The van der Waals surface area contributed by atoms with Crippen molar-refractivity contribution in [1.29, 1.82) is 0 Å². The van der Waals surface area contributed by atoms with Crippen LogP contribution < -0.4 is 0 Å². The van der Waals surface area contributed by atoms with Gasteiger partial charge in [-0.25, -0.2) is 9.97 Å². The third-order valence-electron chi connectivity index (χ3n) is 8.37. The predicted octanol–water partition coefficient (Wildman–Crippen LogP) is 9.21. The summed E-state index contributed by atoms with van der Waals surface area (Å²) in [5.41, 5.74) is 11.6. The minimum absolute atomic E-state index is 0.0866. The van der Waals surface area contributed by atoms with Gasteiger partial charge in [-0.05, 0) is 35.4 Å². The van der Waals surface area contributed by atoms with Crippen LogP contribution in [0.5, 0.6) is 0 Å². The van der Waals surface area contributed by atoms with Crippen LogP contribution >= 0.6 is 0 Å². The van der Waals surface area contributed by atoms with Gasteiger partial charge in [-0.2, -0.15) is 0 Å². The molecule has 8 rings (SSSR count). The molecule has 0 amide bonds. The van der Waals surface area contributed by atoms with Crippen LogP contribution in [0.25, 0.3) is 61.4 Å². The van der Waals surface area contributed by atoms with Gasteiger partial charge in [-0.3, -0.25) is 0 Å². The lowest BCUT2D eigenvalue weighted by Gasteiger charge is -2.21. The van der Waals surface area contributed by atoms with Crippen molar-refractivity contribution in [2.45, 2.75) is 19.3 Å². The number of para-hydroxylation sites is 1. The van der Waals surface area contributed by atoms with Gasteiger partial charge in [0.05, 0.1) is 22.4 Å². The fourth-order valence-electron chi connectivity index (χ4n) is 6.55. The van der Waals surface area contributed by atoms with Gasteiger partial charge in [0.2, 0.25) is 0 Å². The fraction of sp³-hybridized carbons (Fsp3) is 0.0811. The minimum atomic E-state index is -0.0866. The van der Waals surface area contributed by atoms with Gasteiger partial charge in [-0.15, -0.1) is 0 Å². The van der Waals surface area contributed by atoms with E-state index in [2.05, 4.69) is 122 Å². The van der Waals surface area contributed by atoms with Crippen molar-refractivity contribution in [3.8, 4) is 39.6 Å². The predicted molar refractivity (Wildman–Crippen MR) is 165 cm³/mol. The molecule has 40 heavy (non-hydrogen) atoms. The normalized spacial score (nSPS) is 13.4. The van der Waals surface area contributed by atoms with Crippen LogP contribution in [0.4, 0.5) is 0 Å². The molecule has 0 fully saturated rings. The van der Waals surface area contributed by atoms with Gasteiger partial charge in [0.25, 0.3) is 0 Å². The Morgan fingerprint density at radius 2 is 1.27 bits per heavy atom. The first-order valence-corrected chi connectivity index (χ1v) is 13.8. The Morgan fingerprint density at radius 1 is 0.600 bits per heavy atom. The molecule has 0 saturated carbocycles. The van der Waals surface area contributed by atoms with Crippen molar-refractivity contribution in [1.82, 2.24) is 14.5 Å². The number of benzene rings is 5. The maximum absolute atomic E-state index is 5.12. The molecular weight excluding hydrogens is 486 g/mol. The SMILES string of the molecule is CC1(C)c2ccccc2-c2c1c1ccccc1n2-c1ccc2c(-c3ccccc3)nc(-c3ccccc3)nc2c1. The molecule has 2 heterocycles. The van der Waals surface area contributed by atoms with Crippen LogP contribution in [0.2, 0.25) is 0 Å². The highest BCUT2D eigenvalue weighted by Gasteiger charge is 2.40. The number of hydrogen-bond acceptors (Lipinski definition) is 2. The van der Waals surface area contributed by atoms with E-state index in [4.69, 9.17) is 9.97 Å². The van der Waals surface area contributed by atoms with Gasteiger partial charge >= 0.3 is 0 Å². The van der Waals surface area contributed by atoms with Gasteiger partial charge in [0.15, 0.2) is 5.82 Å². The molecule has 0 saturated heterocycles. The molecule has 3 heteroatoms. The van der Waals surface area contributed by atoms with Gasteiger partial charge in [0.1, 0.15) is 0 Å². The molecule has 0 aliphatic heterocycles. The fourth-order valence-corrected chi connectivity index (χ4v) is 6.55. The molecule has 5 aromatic carbocycles. The molecule has 0 radical (unpaired) electrons. The second-order valence-corrected chi connectivity index (χ2v) is 11.1. The van der Waals surface area contributed by atoms with Crippen molar-refractivity contribution in [2.75, 3.05) is 0 Å². The zero-order valence-corrected chi connectivity index (χ0v) is 22.5. The van der Waals surface area contributed by atoms with Gasteiger partial charge < -0.3 is 4.57 Å². The lowest BCUT2D eigenvalue weighted by molar-refractivity contribution is 0.666. The molecule has 1 aliphatic rings. The summed E-state index contributed by atoms with van der Waals surface area (Å²) in [6.45, 7) is 4.70. The third-order valence-corrected chi connectivity index (χ3v) is 8.37. The Labute approximate surface area is 233 Å². The third kappa shape index (κ3) is 3.24. The quantitative estimate of drug-likeness (QED) is 0.236. The molecule has 190 valence electrons. The molecule has 1 aliphatic carbocycles. The monoisotopic (exact) mass is 513 g/mol. The van der Waals surface area contributed by atoms with Crippen LogP contribution in [0.1, 0.15) is 25.0 Å². The van der Waals surface area contributed by atoms with E-state index in [9.17, 15) is 0 Å². The lowest BCUT2D eigenvalue weighted by Crippen LogP contribution is -2.14. The average molecular weight is 514 g/mol. The Kier molecular flexibility index (Phi) is 4.86. The highest BCUT2D eigenvalue weighted by Crippen LogP contribution is 2.53. The maximum atomic E-state index is 5.12. The van der Waals surface area contributed by atoms with E-state index in [1.165, 1.54) is 33.3 Å². The van der Waals surface area contributed by atoms with Crippen molar-refractivity contribution >= 4 is 21.8 Å². The van der Waals surface area contributed by atoms with Gasteiger partial charge in [0, 0.05) is 38.6 Å². The standard InChI is InChI=1S/C37H27N3/c1-37(2)30-19-11-9-17-27(30)35-33(37)29-18-10-12-20-32(29)40(35)26-21-22-28-31(23-26)38-36(25-15-7-4-8-16-25)39-34(28)24-13-5-3-6-14-24/h3-23H,1-2H3. The molecule has 0 spiro atoms. The lowest BCUT2D eigenvalue weighted by atomic mass is 9.81. The maximum Gasteiger partial charge on any atom is 0.160 e. The number of rotatable bonds is 3. The van der Waals surface area contributed by atoms with Crippen LogP contribution in [0.3, 0.4) is 0 Å². The highest BCUT2D eigenvalue weighted by atomic mass is 15.0. The highest BCUT2D eigenvalue weighted by molar-refractivity contribution is 6.00. The average Bonchev–Trinajstić information content (AvgIpc) is 3.48. The van der Waals surface area contributed by atoms with E-state index in [-0.39, 0.29) is 5.41 Å². The Hall–Kier alpha value is -5.02. The topological polar surface area (TPSA) is 30.7 Å². The smallest absolute Gasteiger partial charge is 0.160 e. The Balaban J connectivity index is 1.44. The zero-order chi connectivity index (χ0) is 26.8. The van der Waals surface area contributed by atoms with E-state index in [0.29, 0.717) is 0 Å². The summed E-state index contributed by atoms with van der Waals surface area (Å²) >= 11 is 0. The van der Waals surface area contributed by atoms with E-state index in [1.54, 1.807) is 0 Å². The molecule has 3 nitrogen and oxygen atoms in total. The molecule has 0 N–H and O–H groups in total. The molecule has 2 aromatic heterocycles. The minimum Gasteiger partial charge on any atom is -0.309 e. The van der Waals surface area contributed by atoms with Crippen LogP contribution in [-0.2, 0) is 5.41 Å². The van der Waals surface area contributed by atoms with E-state index in [0.717, 1.165) is 39.2 Å². The number of aromatic nitrogens is 3. The molecule has 0 bridgehead atoms. The van der Waals surface area contributed by atoms with Crippen LogP contribution in [-0.4, -0.2) is 14.5 Å². The first kappa shape index (κ1) is 22.9. The second kappa shape index (κ2) is 8.49. The van der Waals surface area contributed by atoms with Crippen molar-refractivity contribution in [2.24, 2.45) is 0 Å². The van der Waals surface area contributed by atoms with Crippen LogP contribution in [0, 0.1) is 0 Å². The summed E-state index contributed by atoms with van der Waals surface area (Å²) in [7, 11) is 0. The van der Waals surface area contributed by atoms with Gasteiger partial charge in [-0.1, -0.05) is 117 Å². The van der Waals surface area contributed by atoms with Crippen LogP contribution in [0.15, 0.2) is 127 Å². The largest absolute Gasteiger partial charge is 0.309 e. The summed E-state index contributed by atoms with van der Waals surface area (Å²) in [5, 5.41) is 2.35. The summed E-state index contributed by atoms with van der Waals surface area (Å²) in [6, 6.07) is 44.9. The second-order valence-electron chi connectivity index (χ2n) is 11.1. The number of hydrogen-bond donors (Lipinski definition) is 0. The summed E-state index contributed by atoms with van der Waals surface area (Å²) in [4.78, 5) is 10.2. The number of nitrogens with zero attached hydrogens (tertiary/aromatic N) is 3. The van der Waals surface area contributed by atoms with Crippen molar-refractivity contribution in [3.05, 3.63) is 139 Å². The Morgan fingerprint density at radius 3 is 2.08 bits per heavy atom. The first-order chi connectivity index (χ1) is 19.6. The Bertz CT molecular complexity index is 2070. The van der Waals surface area contributed by atoms with Crippen molar-refractivity contribution < 1.29 is 0 Å². The molecule has 7 aromatic rings. The molecule has 0 atom stereocenters. The zero-order valence-electron chi connectivity index (χ0n) is 22.5. The van der Waals surface area contributed by atoms with E-state index >= 15 is 0 Å². The summed E-state index contributed by atoms with van der Waals surface area (Å²) < 4.78 is 2.43. The van der Waals surface area contributed by atoms with Crippen molar-refractivity contribution in [3.63, 3.8) is 0 Å². The summed E-state index contributed by atoms with van der Waals surface area (Å²) in [5.74, 6) is 0.734. The molecule has 0 unspecified atom stereocenters.